The summed E-state index contributed by atoms with van der Waals surface area (Å²) in [4.78, 5) is 24.6. The highest BCUT2D eigenvalue weighted by Crippen LogP contribution is 2.35. The van der Waals surface area contributed by atoms with Gasteiger partial charge in [0.2, 0.25) is 5.91 Å². The largest absolute Gasteiger partial charge is 0.460 e. The monoisotopic (exact) mass is 319 g/mol. The molecule has 128 valence electrons. The Balaban J connectivity index is 2.62. The Morgan fingerprint density at radius 1 is 1.04 bits per heavy atom. The molecule has 1 rings (SSSR count). The molecular formula is C19H29NO3. The molecule has 1 amide bonds. The molecule has 0 radical (unpaired) electrons. The van der Waals surface area contributed by atoms with Crippen molar-refractivity contribution in [3.8, 4) is 0 Å². The topological polar surface area (TPSA) is 55.4 Å². The quantitative estimate of drug-likeness (QED) is 0.743. The number of hydrogen-bond acceptors (Lipinski definition) is 3. The van der Waals surface area contributed by atoms with E-state index in [-0.39, 0.29) is 18.5 Å². The van der Waals surface area contributed by atoms with Crippen LogP contribution in [-0.4, -0.2) is 18.4 Å². The van der Waals surface area contributed by atoms with Gasteiger partial charge >= 0.3 is 5.97 Å². The molecule has 23 heavy (non-hydrogen) atoms. The molecule has 0 atom stereocenters. The molecular weight excluding hydrogens is 290 g/mol. The lowest BCUT2D eigenvalue weighted by atomic mass is 9.74. The number of amides is 1. The van der Waals surface area contributed by atoms with E-state index in [4.69, 9.17) is 4.74 Å². The highest BCUT2D eigenvalue weighted by Gasteiger charge is 2.39. The van der Waals surface area contributed by atoms with E-state index in [1.165, 1.54) is 0 Å². The molecule has 0 saturated heterocycles. The van der Waals surface area contributed by atoms with Gasteiger partial charge in [0, 0.05) is 12.0 Å². The predicted octanol–water partition coefficient (Wildman–Crippen LogP) is 3.70. The van der Waals surface area contributed by atoms with Crippen LogP contribution in [0.1, 0.15) is 53.0 Å². The van der Waals surface area contributed by atoms with Gasteiger partial charge in [-0.2, -0.15) is 0 Å². The second-order valence-corrected chi connectivity index (χ2v) is 7.26. The van der Waals surface area contributed by atoms with Crippen LogP contribution < -0.4 is 5.32 Å². The van der Waals surface area contributed by atoms with Crippen LogP contribution in [0.2, 0.25) is 0 Å². The standard InChI is InChI=1S/C19H29NO3/c1-6-12-20-16(21)18(2,3)14-19(4,5)17(22)23-13-15-10-8-7-9-11-15/h7-11H,6,12-14H2,1-5H3,(H,20,21). The van der Waals surface area contributed by atoms with Crippen LogP contribution in [0.25, 0.3) is 0 Å². The van der Waals surface area contributed by atoms with Gasteiger partial charge in [-0.25, -0.2) is 0 Å². The van der Waals surface area contributed by atoms with Crippen molar-refractivity contribution in [2.45, 2.75) is 54.1 Å². The van der Waals surface area contributed by atoms with Crippen molar-refractivity contribution in [1.29, 1.82) is 0 Å². The van der Waals surface area contributed by atoms with Crippen LogP contribution in [0.4, 0.5) is 0 Å². The van der Waals surface area contributed by atoms with Crippen molar-refractivity contribution in [2.24, 2.45) is 10.8 Å². The lowest BCUT2D eigenvalue weighted by Crippen LogP contribution is -2.42. The SMILES string of the molecule is CCCNC(=O)C(C)(C)CC(C)(C)C(=O)OCc1ccccc1. The summed E-state index contributed by atoms with van der Waals surface area (Å²) in [5.74, 6) is -0.305. The first-order valence-electron chi connectivity index (χ1n) is 8.18. The predicted molar refractivity (Wildman–Crippen MR) is 91.7 cm³/mol. The molecule has 0 heterocycles. The zero-order valence-electron chi connectivity index (χ0n) is 14.9. The molecule has 0 unspecified atom stereocenters. The van der Waals surface area contributed by atoms with Crippen molar-refractivity contribution in [3.05, 3.63) is 35.9 Å². The van der Waals surface area contributed by atoms with E-state index < -0.39 is 10.8 Å². The Kier molecular flexibility index (Phi) is 6.79. The first-order chi connectivity index (χ1) is 10.7. The lowest BCUT2D eigenvalue weighted by Gasteiger charge is -2.32. The van der Waals surface area contributed by atoms with Gasteiger partial charge in [0.1, 0.15) is 6.61 Å². The fourth-order valence-corrected chi connectivity index (χ4v) is 2.65. The minimum atomic E-state index is -0.720. The Labute approximate surface area is 139 Å². The molecule has 0 saturated carbocycles. The van der Waals surface area contributed by atoms with Crippen molar-refractivity contribution in [3.63, 3.8) is 0 Å². The van der Waals surface area contributed by atoms with E-state index in [1.807, 2.05) is 65.0 Å². The Morgan fingerprint density at radius 3 is 2.22 bits per heavy atom. The maximum Gasteiger partial charge on any atom is 0.311 e. The molecule has 4 nitrogen and oxygen atoms in total. The zero-order chi connectivity index (χ0) is 17.5. The fraction of sp³-hybridized carbons (Fsp3) is 0.579. The van der Waals surface area contributed by atoms with Crippen LogP contribution in [0, 0.1) is 10.8 Å². The number of ether oxygens (including phenoxy) is 1. The van der Waals surface area contributed by atoms with E-state index in [1.54, 1.807) is 0 Å². The third kappa shape index (κ3) is 6.05. The van der Waals surface area contributed by atoms with Crippen molar-refractivity contribution in [1.82, 2.24) is 5.32 Å². The average Bonchev–Trinajstić information content (AvgIpc) is 2.50. The van der Waals surface area contributed by atoms with Gasteiger partial charge in [0.15, 0.2) is 0 Å². The minimum Gasteiger partial charge on any atom is -0.460 e. The normalized spacial score (nSPS) is 11.9. The number of benzene rings is 1. The van der Waals surface area contributed by atoms with Crippen molar-refractivity contribution in [2.75, 3.05) is 6.54 Å². The highest BCUT2D eigenvalue weighted by molar-refractivity contribution is 5.83. The van der Waals surface area contributed by atoms with Crippen LogP contribution in [0.3, 0.4) is 0 Å². The summed E-state index contributed by atoms with van der Waals surface area (Å²) in [6.07, 6.45) is 1.33. The maximum absolute atomic E-state index is 12.4. The molecule has 0 spiro atoms. The summed E-state index contributed by atoms with van der Waals surface area (Å²) in [7, 11) is 0. The van der Waals surface area contributed by atoms with Gasteiger partial charge in [-0.05, 0) is 32.3 Å². The Hall–Kier alpha value is -1.84. The minimum absolute atomic E-state index is 0.0247. The second kappa shape index (κ2) is 8.14. The summed E-state index contributed by atoms with van der Waals surface area (Å²) in [6, 6.07) is 9.59. The summed E-state index contributed by atoms with van der Waals surface area (Å²) in [6.45, 7) is 10.3. The lowest BCUT2D eigenvalue weighted by molar-refractivity contribution is -0.157. The first kappa shape index (κ1) is 19.2. The van der Waals surface area contributed by atoms with Crippen molar-refractivity contribution >= 4 is 11.9 Å². The van der Waals surface area contributed by atoms with Gasteiger partial charge in [0.05, 0.1) is 5.41 Å². The molecule has 0 aliphatic rings. The van der Waals surface area contributed by atoms with E-state index in [9.17, 15) is 9.59 Å². The smallest absolute Gasteiger partial charge is 0.311 e. The summed E-state index contributed by atoms with van der Waals surface area (Å²) >= 11 is 0. The van der Waals surface area contributed by atoms with Crippen molar-refractivity contribution < 1.29 is 14.3 Å². The van der Waals surface area contributed by atoms with Gasteiger partial charge < -0.3 is 10.1 Å². The zero-order valence-corrected chi connectivity index (χ0v) is 14.9. The molecule has 1 aromatic rings. The van der Waals surface area contributed by atoms with E-state index in [2.05, 4.69) is 5.32 Å². The first-order valence-corrected chi connectivity index (χ1v) is 8.18. The fourth-order valence-electron chi connectivity index (χ4n) is 2.65. The average molecular weight is 319 g/mol. The Morgan fingerprint density at radius 2 is 1.65 bits per heavy atom. The number of esters is 1. The van der Waals surface area contributed by atoms with Gasteiger partial charge in [-0.15, -0.1) is 0 Å². The molecule has 4 heteroatoms. The summed E-state index contributed by atoms with van der Waals surface area (Å²) in [5, 5.41) is 2.90. The molecule has 0 bridgehead atoms. The maximum atomic E-state index is 12.4. The van der Waals surface area contributed by atoms with Gasteiger partial charge in [0.25, 0.3) is 0 Å². The number of carbonyl (C=O) groups is 2. The van der Waals surface area contributed by atoms with E-state index in [0.717, 1.165) is 12.0 Å². The molecule has 1 aromatic carbocycles. The van der Waals surface area contributed by atoms with Crippen LogP contribution in [0.15, 0.2) is 30.3 Å². The van der Waals surface area contributed by atoms with Gasteiger partial charge in [-0.3, -0.25) is 9.59 Å². The molecule has 0 aromatic heterocycles. The number of nitrogens with one attached hydrogen (secondary N) is 1. The third-order valence-corrected chi connectivity index (χ3v) is 3.80. The highest BCUT2D eigenvalue weighted by atomic mass is 16.5. The molecule has 0 fully saturated rings. The van der Waals surface area contributed by atoms with Crippen LogP contribution in [-0.2, 0) is 20.9 Å². The summed E-state index contributed by atoms with van der Waals surface area (Å²) < 4.78 is 5.43. The Bertz CT molecular complexity index is 521. The number of rotatable bonds is 8. The number of carbonyl (C=O) groups excluding carboxylic acids is 2. The molecule has 0 aliphatic carbocycles. The van der Waals surface area contributed by atoms with Crippen LogP contribution in [0.5, 0.6) is 0 Å². The van der Waals surface area contributed by atoms with Crippen LogP contribution >= 0.6 is 0 Å². The second-order valence-electron chi connectivity index (χ2n) is 7.26. The third-order valence-electron chi connectivity index (χ3n) is 3.80. The molecule has 0 aliphatic heterocycles. The van der Waals surface area contributed by atoms with E-state index >= 15 is 0 Å². The van der Waals surface area contributed by atoms with Gasteiger partial charge in [-0.1, -0.05) is 51.1 Å². The van der Waals surface area contributed by atoms with E-state index in [0.29, 0.717) is 13.0 Å². The molecule has 1 N–H and O–H groups in total. The summed E-state index contributed by atoms with van der Waals surface area (Å²) in [5.41, 5.74) is -0.386. The number of hydrogen-bond donors (Lipinski definition) is 1.